The Morgan fingerprint density at radius 3 is 2.92 bits per heavy atom. The molecule has 0 spiro atoms. The van der Waals surface area contributed by atoms with E-state index < -0.39 is 16.4 Å². The average Bonchev–Trinajstić information content (AvgIpc) is 2.62. The Balaban J connectivity index is 1.85. The number of hydrogen-bond donors (Lipinski definition) is 2. The highest BCUT2D eigenvalue weighted by atomic mass is 16.6. The van der Waals surface area contributed by atoms with Crippen LogP contribution in [-0.2, 0) is 0 Å². The Hall–Kier alpha value is -3.95. The van der Waals surface area contributed by atoms with Gasteiger partial charge in [0.05, 0.1) is 22.0 Å². The molecule has 10 heteroatoms. The van der Waals surface area contributed by atoms with E-state index in [2.05, 4.69) is 25.5 Å². The topological polar surface area (TPSA) is 143 Å². The van der Waals surface area contributed by atoms with Crippen molar-refractivity contribution in [3.63, 3.8) is 0 Å². The molecule has 3 aromatic rings. The summed E-state index contributed by atoms with van der Waals surface area (Å²) in [5.74, 6) is -0.979. The van der Waals surface area contributed by atoms with Gasteiger partial charge in [0.15, 0.2) is 0 Å². The van der Waals surface area contributed by atoms with Crippen LogP contribution in [0.1, 0.15) is 16.2 Å². The molecule has 0 saturated heterocycles. The number of non-ortho nitro benzene ring substituents is 1. The van der Waals surface area contributed by atoms with Crippen LogP contribution in [0.15, 0.2) is 52.6 Å². The van der Waals surface area contributed by atoms with Crippen molar-refractivity contribution in [3.8, 4) is 0 Å². The third kappa shape index (κ3) is 3.52. The summed E-state index contributed by atoms with van der Waals surface area (Å²) in [5.41, 5.74) is 2.17. The maximum atomic E-state index is 12.0. The van der Waals surface area contributed by atoms with Gasteiger partial charge in [-0.05, 0) is 12.1 Å². The third-order valence-corrected chi connectivity index (χ3v) is 3.18. The van der Waals surface area contributed by atoms with Crippen LogP contribution in [-0.4, -0.2) is 32.0 Å². The Bertz CT molecular complexity index is 1040. The second kappa shape index (κ2) is 6.66. The van der Waals surface area contributed by atoms with Gasteiger partial charge in [-0.1, -0.05) is 6.07 Å². The number of aromatic amines is 1. The van der Waals surface area contributed by atoms with E-state index in [1.807, 2.05) is 0 Å². The number of hydrogen-bond acceptors (Lipinski definition) is 7. The van der Waals surface area contributed by atoms with Crippen molar-refractivity contribution in [3.05, 3.63) is 74.6 Å². The number of amides is 1. The molecule has 10 nitrogen and oxygen atoms in total. The Kier molecular flexibility index (Phi) is 4.24. The van der Waals surface area contributed by atoms with E-state index in [1.54, 1.807) is 24.5 Å². The number of fused-ring (bicyclic) bond motifs is 1. The number of nitro groups is 1. The van der Waals surface area contributed by atoms with E-state index in [0.717, 1.165) is 6.07 Å². The zero-order valence-corrected chi connectivity index (χ0v) is 12.5. The number of carbonyl (C=O) groups is 1. The lowest BCUT2D eigenvalue weighted by molar-refractivity contribution is -0.384. The Labute approximate surface area is 139 Å². The molecule has 0 fully saturated rings. The summed E-state index contributed by atoms with van der Waals surface area (Å²) in [4.78, 5) is 44.3. The van der Waals surface area contributed by atoms with Crippen molar-refractivity contribution in [2.75, 3.05) is 0 Å². The first-order chi connectivity index (χ1) is 12.0. The van der Waals surface area contributed by atoms with E-state index in [4.69, 9.17) is 0 Å². The van der Waals surface area contributed by atoms with Crippen molar-refractivity contribution in [2.24, 2.45) is 5.10 Å². The average molecular weight is 338 g/mol. The zero-order chi connectivity index (χ0) is 17.8. The molecule has 2 N–H and O–H groups in total. The third-order valence-electron chi connectivity index (χ3n) is 3.18. The molecule has 0 aliphatic heterocycles. The number of hydrazone groups is 1. The molecule has 3 rings (SSSR count). The fourth-order valence-corrected chi connectivity index (χ4v) is 2.02. The number of pyridine rings is 1. The van der Waals surface area contributed by atoms with Crippen LogP contribution < -0.4 is 11.0 Å². The molecule has 2 aromatic heterocycles. The van der Waals surface area contributed by atoms with E-state index in [-0.39, 0.29) is 22.4 Å². The van der Waals surface area contributed by atoms with Crippen LogP contribution in [0.25, 0.3) is 10.9 Å². The van der Waals surface area contributed by atoms with Gasteiger partial charge in [0.25, 0.3) is 11.2 Å². The number of benzene rings is 1. The van der Waals surface area contributed by atoms with Crippen molar-refractivity contribution in [1.82, 2.24) is 20.4 Å². The predicted molar refractivity (Wildman–Crippen MR) is 88.3 cm³/mol. The summed E-state index contributed by atoms with van der Waals surface area (Å²) >= 11 is 0. The highest BCUT2D eigenvalue weighted by Gasteiger charge is 2.14. The number of carbonyl (C=O) groups excluding carboxylic acids is 1. The van der Waals surface area contributed by atoms with Crippen molar-refractivity contribution in [1.29, 1.82) is 0 Å². The zero-order valence-electron chi connectivity index (χ0n) is 12.5. The maximum Gasteiger partial charge on any atom is 0.307 e. The van der Waals surface area contributed by atoms with Gasteiger partial charge in [-0.15, -0.1) is 0 Å². The van der Waals surface area contributed by atoms with Crippen molar-refractivity contribution >= 4 is 28.7 Å². The summed E-state index contributed by atoms with van der Waals surface area (Å²) in [7, 11) is 0. The molecule has 0 atom stereocenters. The molecule has 0 bridgehead atoms. The molecule has 25 heavy (non-hydrogen) atoms. The number of nitrogens with zero attached hydrogens (tertiary/aromatic N) is 4. The minimum absolute atomic E-state index is 0.0182. The molecule has 2 heterocycles. The summed E-state index contributed by atoms with van der Waals surface area (Å²) in [6, 6.07) is 7.06. The number of H-pyrrole nitrogens is 1. The molecule has 0 radical (unpaired) electrons. The van der Waals surface area contributed by atoms with Gasteiger partial charge >= 0.3 is 5.91 Å². The second-order valence-electron chi connectivity index (χ2n) is 4.86. The molecule has 0 unspecified atom stereocenters. The van der Waals surface area contributed by atoms with Gasteiger partial charge in [0.1, 0.15) is 0 Å². The second-order valence-corrected chi connectivity index (χ2v) is 4.86. The fraction of sp³-hybridized carbons (Fsp3) is 0. The molecule has 1 amide bonds. The molecule has 124 valence electrons. The lowest BCUT2D eigenvalue weighted by atomic mass is 10.2. The monoisotopic (exact) mass is 338 g/mol. The molecule has 0 saturated carbocycles. The van der Waals surface area contributed by atoms with Crippen LogP contribution in [0.3, 0.4) is 0 Å². The molecule has 1 aromatic carbocycles. The van der Waals surface area contributed by atoms with Crippen molar-refractivity contribution < 1.29 is 9.72 Å². The first-order valence-electron chi connectivity index (χ1n) is 6.96. The Morgan fingerprint density at radius 2 is 2.20 bits per heavy atom. The predicted octanol–water partition coefficient (Wildman–Crippen LogP) is 0.990. The number of nitro benzene ring substituents is 1. The molecule has 0 aliphatic rings. The van der Waals surface area contributed by atoms with Gasteiger partial charge in [-0.3, -0.25) is 24.7 Å². The van der Waals surface area contributed by atoms with Crippen LogP contribution in [0.2, 0.25) is 0 Å². The summed E-state index contributed by atoms with van der Waals surface area (Å²) in [5, 5.41) is 14.5. The van der Waals surface area contributed by atoms with E-state index in [9.17, 15) is 19.7 Å². The van der Waals surface area contributed by atoms with Gasteiger partial charge in [-0.2, -0.15) is 5.10 Å². The highest BCUT2D eigenvalue weighted by molar-refractivity contribution is 5.93. The van der Waals surface area contributed by atoms with Gasteiger partial charge in [0, 0.05) is 30.1 Å². The minimum atomic E-state index is -0.725. The van der Waals surface area contributed by atoms with Crippen LogP contribution in [0.5, 0.6) is 0 Å². The van der Waals surface area contributed by atoms with E-state index in [1.165, 1.54) is 18.3 Å². The van der Waals surface area contributed by atoms with Gasteiger partial charge in [-0.25, -0.2) is 10.4 Å². The number of rotatable bonds is 4. The maximum absolute atomic E-state index is 12.0. The lowest BCUT2D eigenvalue weighted by Gasteiger charge is -2.02. The summed E-state index contributed by atoms with van der Waals surface area (Å²) < 4.78 is 0. The SMILES string of the molecule is O=C(N/N=C/c1cccnc1)c1nc2ccc([N+](=O)[O-])cc2c(=O)[nH]1. The largest absolute Gasteiger partial charge is 0.307 e. The number of nitrogens with one attached hydrogen (secondary N) is 2. The standard InChI is InChI=1S/C15H10N6O4/c22-14-11-6-10(21(24)25)3-4-12(11)18-13(19-14)15(23)20-17-8-9-2-1-5-16-7-9/h1-8H,(H,20,23)(H,18,19,22)/b17-8+. The van der Waals surface area contributed by atoms with E-state index in [0.29, 0.717) is 5.56 Å². The van der Waals surface area contributed by atoms with Gasteiger partial charge < -0.3 is 4.98 Å². The first-order valence-corrected chi connectivity index (χ1v) is 6.96. The van der Waals surface area contributed by atoms with Crippen LogP contribution >= 0.6 is 0 Å². The van der Waals surface area contributed by atoms with E-state index >= 15 is 0 Å². The minimum Gasteiger partial charge on any atom is -0.302 e. The fourth-order valence-electron chi connectivity index (χ4n) is 2.02. The number of aromatic nitrogens is 3. The molecule has 0 aliphatic carbocycles. The normalized spacial score (nSPS) is 10.9. The van der Waals surface area contributed by atoms with Crippen LogP contribution in [0, 0.1) is 10.1 Å². The molecular formula is C15H10N6O4. The molecular weight excluding hydrogens is 328 g/mol. The van der Waals surface area contributed by atoms with Crippen molar-refractivity contribution in [2.45, 2.75) is 0 Å². The lowest BCUT2D eigenvalue weighted by Crippen LogP contribution is -2.24. The van der Waals surface area contributed by atoms with Crippen LogP contribution in [0.4, 0.5) is 5.69 Å². The summed E-state index contributed by atoms with van der Waals surface area (Å²) in [6.07, 6.45) is 4.54. The summed E-state index contributed by atoms with van der Waals surface area (Å²) in [6.45, 7) is 0. The van der Waals surface area contributed by atoms with Gasteiger partial charge in [0.2, 0.25) is 5.82 Å². The highest BCUT2D eigenvalue weighted by Crippen LogP contribution is 2.16. The smallest absolute Gasteiger partial charge is 0.302 e. The quantitative estimate of drug-likeness (QED) is 0.412. The Morgan fingerprint density at radius 1 is 1.36 bits per heavy atom. The first kappa shape index (κ1) is 15.9.